The van der Waals surface area contributed by atoms with Gasteiger partial charge in [-0.25, -0.2) is 14.1 Å². The van der Waals surface area contributed by atoms with Crippen molar-refractivity contribution in [2.24, 2.45) is 0 Å². The van der Waals surface area contributed by atoms with Crippen LogP contribution in [0.4, 0.5) is 5.82 Å². The van der Waals surface area contributed by atoms with Gasteiger partial charge >= 0.3 is 11.9 Å². The Hall–Kier alpha value is -4.06. The van der Waals surface area contributed by atoms with Crippen LogP contribution in [0.25, 0.3) is 16.6 Å². The second-order valence-corrected chi connectivity index (χ2v) is 6.12. The van der Waals surface area contributed by atoms with Gasteiger partial charge in [0, 0.05) is 5.56 Å². The number of ether oxygens (including phenoxy) is 3. The lowest BCUT2D eigenvalue weighted by Gasteiger charge is -2.10. The Morgan fingerprint density at radius 1 is 1.13 bits per heavy atom. The fourth-order valence-electron chi connectivity index (χ4n) is 3.06. The molecule has 30 heavy (non-hydrogen) atoms. The van der Waals surface area contributed by atoms with Gasteiger partial charge < -0.3 is 19.9 Å². The lowest BCUT2D eigenvalue weighted by atomic mass is 9.99. The number of nitrogens with two attached hydrogens (primary N) is 1. The van der Waals surface area contributed by atoms with Crippen LogP contribution in [0.1, 0.15) is 40.3 Å². The number of hydrogen-bond donors (Lipinski definition) is 1. The summed E-state index contributed by atoms with van der Waals surface area (Å²) >= 11 is 0. The SMILES string of the molecule is CCOC(=O)c1nn2c(N)c(C#N)c(-c3ccc(OC)cc3)cc2c1C(=O)OCC. The second-order valence-electron chi connectivity index (χ2n) is 6.12. The summed E-state index contributed by atoms with van der Waals surface area (Å²) in [7, 11) is 1.55. The molecule has 3 aromatic rings. The summed E-state index contributed by atoms with van der Waals surface area (Å²) in [5, 5.41) is 13.9. The quantitative estimate of drug-likeness (QED) is 0.617. The van der Waals surface area contributed by atoms with Crippen molar-refractivity contribution in [3.63, 3.8) is 0 Å². The molecule has 2 heterocycles. The molecule has 0 fully saturated rings. The van der Waals surface area contributed by atoms with E-state index in [2.05, 4.69) is 11.2 Å². The van der Waals surface area contributed by atoms with E-state index in [1.54, 1.807) is 51.3 Å². The molecule has 9 heteroatoms. The first-order valence-corrected chi connectivity index (χ1v) is 9.20. The number of fused-ring (bicyclic) bond motifs is 1. The van der Waals surface area contributed by atoms with Crippen LogP contribution in [0.15, 0.2) is 30.3 Å². The predicted octanol–water partition coefficient (Wildman–Crippen LogP) is 2.82. The van der Waals surface area contributed by atoms with Crippen LogP contribution >= 0.6 is 0 Å². The lowest BCUT2D eigenvalue weighted by Crippen LogP contribution is -2.13. The van der Waals surface area contributed by atoms with E-state index in [9.17, 15) is 14.9 Å². The maximum atomic E-state index is 12.6. The highest BCUT2D eigenvalue weighted by Gasteiger charge is 2.29. The fraction of sp³-hybridized carbons (Fsp3) is 0.238. The Morgan fingerprint density at radius 3 is 2.33 bits per heavy atom. The number of carbonyl (C=O) groups excluding carboxylic acids is 2. The molecule has 1 aromatic carbocycles. The number of pyridine rings is 1. The van der Waals surface area contributed by atoms with E-state index >= 15 is 0 Å². The largest absolute Gasteiger partial charge is 0.497 e. The first kappa shape index (κ1) is 20.7. The van der Waals surface area contributed by atoms with Crippen molar-refractivity contribution in [2.75, 3.05) is 26.1 Å². The van der Waals surface area contributed by atoms with E-state index in [4.69, 9.17) is 19.9 Å². The number of nitrogen functional groups attached to an aromatic ring is 1. The van der Waals surface area contributed by atoms with Gasteiger partial charge in [-0.1, -0.05) is 12.1 Å². The van der Waals surface area contributed by atoms with Gasteiger partial charge in [0.15, 0.2) is 5.69 Å². The van der Waals surface area contributed by atoms with Crippen LogP contribution < -0.4 is 10.5 Å². The minimum absolute atomic E-state index is 0.0121. The van der Waals surface area contributed by atoms with Crippen LogP contribution in [0.5, 0.6) is 5.75 Å². The molecule has 0 atom stereocenters. The third kappa shape index (κ3) is 3.51. The third-order valence-corrected chi connectivity index (χ3v) is 4.42. The molecule has 2 aromatic heterocycles. The Labute approximate surface area is 172 Å². The Kier molecular flexibility index (Phi) is 5.88. The summed E-state index contributed by atoms with van der Waals surface area (Å²) in [6.07, 6.45) is 0. The molecule has 0 aliphatic carbocycles. The van der Waals surface area contributed by atoms with Crippen molar-refractivity contribution >= 4 is 23.3 Å². The van der Waals surface area contributed by atoms with E-state index in [0.717, 1.165) is 0 Å². The molecule has 0 saturated carbocycles. The minimum atomic E-state index is -0.784. The number of esters is 2. The normalized spacial score (nSPS) is 10.5. The molecule has 154 valence electrons. The van der Waals surface area contributed by atoms with Crippen molar-refractivity contribution in [3.8, 4) is 22.9 Å². The van der Waals surface area contributed by atoms with Crippen LogP contribution in [0.3, 0.4) is 0 Å². The van der Waals surface area contributed by atoms with E-state index in [-0.39, 0.29) is 41.4 Å². The second kappa shape index (κ2) is 8.53. The highest BCUT2D eigenvalue weighted by atomic mass is 16.5. The van der Waals surface area contributed by atoms with E-state index in [1.165, 1.54) is 4.52 Å². The molecule has 0 unspecified atom stereocenters. The van der Waals surface area contributed by atoms with Crippen LogP contribution in [-0.4, -0.2) is 41.9 Å². The summed E-state index contributed by atoms with van der Waals surface area (Å²) in [5.74, 6) is -0.886. The average Bonchev–Trinajstić information content (AvgIpc) is 3.14. The van der Waals surface area contributed by atoms with E-state index in [1.807, 2.05) is 0 Å². The Balaban J connectivity index is 2.34. The van der Waals surface area contributed by atoms with Crippen molar-refractivity contribution in [1.29, 1.82) is 5.26 Å². The zero-order valence-electron chi connectivity index (χ0n) is 16.8. The van der Waals surface area contributed by atoms with Crippen molar-refractivity contribution in [1.82, 2.24) is 9.61 Å². The van der Waals surface area contributed by atoms with Crippen LogP contribution in [0, 0.1) is 11.3 Å². The number of aromatic nitrogens is 2. The molecule has 2 N–H and O–H groups in total. The summed E-state index contributed by atoms with van der Waals surface area (Å²) < 4.78 is 16.5. The number of nitrogens with zero attached hydrogens (tertiary/aromatic N) is 3. The molecular formula is C21H20N4O5. The number of nitriles is 1. The number of hydrogen-bond acceptors (Lipinski definition) is 8. The van der Waals surface area contributed by atoms with Crippen LogP contribution in [-0.2, 0) is 9.47 Å². The predicted molar refractivity (Wildman–Crippen MR) is 108 cm³/mol. The summed E-state index contributed by atoms with van der Waals surface area (Å²) in [5.41, 5.74) is 7.45. The Morgan fingerprint density at radius 2 is 1.77 bits per heavy atom. The number of benzene rings is 1. The number of anilines is 1. The van der Waals surface area contributed by atoms with Crippen molar-refractivity contribution in [3.05, 3.63) is 47.2 Å². The third-order valence-electron chi connectivity index (χ3n) is 4.42. The van der Waals surface area contributed by atoms with E-state index < -0.39 is 11.9 Å². The van der Waals surface area contributed by atoms with Gasteiger partial charge in [0.2, 0.25) is 0 Å². The summed E-state index contributed by atoms with van der Waals surface area (Å²) in [6.45, 7) is 3.50. The van der Waals surface area contributed by atoms with Crippen molar-refractivity contribution in [2.45, 2.75) is 13.8 Å². The maximum Gasteiger partial charge on any atom is 0.359 e. The zero-order valence-corrected chi connectivity index (χ0v) is 16.8. The number of methoxy groups -OCH3 is 1. The fourth-order valence-corrected chi connectivity index (χ4v) is 3.06. The minimum Gasteiger partial charge on any atom is -0.497 e. The molecule has 0 amide bonds. The first-order valence-electron chi connectivity index (χ1n) is 9.20. The molecule has 9 nitrogen and oxygen atoms in total. The highest BCUT2D eigenvalue weighted by Crippen LogP contribution is 2.33. The smallest absolute Gasteiger partial charge is 0.359 e. The molecule has 0 bridgehead atoms. The first-order chi connectivity index (χ1) is 14.5. The van der Waals surface area contributed by atoms with E-state index in [0.29, 0.717) is 16.9 Å². The Bertz CT molecular complexity index is 1160. The average molecular weight is 408 g/mol. The number of rotatable bonds is 6. The summed E-state index contributed by atoms with van der Waals surface area (Å²) in [6, 6.07) is 10.7. The standard InChI is InChI=1S/C21H20N4O5/c1-4-29-20(26)17-16-10-14(12-6-8-13(28-3)9-7-12)15(11-22)19(23)25(16)24-18(17)21(27)30-5-2/h6-10H,4-5,23H2,1-3H3. The number of carbonyl (C=O) groups is 2. The van der Waals surface area contributed by atoms with Gasteiger partial charge in [-0.05, 0) is 37.6 Å². The topological polar surface area (TPSA) is 129 Å². The molecule has 0 aliphatic heterocycles. The van der Waals surface area contributed by atoms with Crippen molar-refractivity contribution < 1.29 is 23.8 Å². The lowest BCUT2D eigenvalue weighted by molar-refractivity contribution is 0.0476. The maximum absolute atomic E-state index is 12.6. The molecule has 0 spiro atoms. The van der Waals surface area contributed by atoms with Gasteiger partial charge in [0.25, 0.3) is 0 Å². The summed E-state index contributed by atoms with van der Waals surface area (Å²) in [4.78, 5) is 25.1. The van der Waals surface area contributed by atoms with Gasteiger partial charge in [-0.2, -0.15) is 10.4 Å². The molecular weight excluding hydrogens is 388 g/mol. The molecule has 3 rings (SSSR count). The van der Waals surface area contributed by atoms with Gasteiger partial charge in [0.1, 0.15) is 28.8 Å². The van der Waals surface area contributed by atoms with Gasteiger partial charge in [-0.3, -0.25) is 0 Å². The molecule has 0 aliphatic rings. The molecule has 0 saturated heterocycles. The molecule has 0 radical (unpaired) electrons. The van der Waals surface area contributed by atoms with Gasteiger partial charge in [0.05, 0.1) is 25.8 Å². The van der Waals surface area contributed by atoms with Gasteiger partial charge in [-0.15, -0.1) is 0 Å². The highest BCUT2D eigenvalue weighted by molar-refractivity contribution is 6.08. The van der Waals surface area contributed by atoms with Crippen LogP contribution in [0.2, 0.25) is 0 Å². The monoisotopic (exact) mass is 408 g/mol. The zero-order chi connectivity index (χ0) is 21.8.